The van der Waals surface area contributed by atoms with Crippen molar-refractivity contribution >= 4 is 12.2 Å². The smallest absolute Gasteiger partial charge is 0.407 e. The zero-order chi connectivity index (χ0) is 14.3. The summed E-state index contributed by atoms with van der Waals surface area (Å²) in [5.41, 5.74) is 0. The Bertz CT molecular complexity index is 223. The Labute approximate surface area is 115 Å². The molecular formula is C13H26N2O4. The molecule has 19 heavy (non-hydrogen) atoms. The van der Waals surface area contributed by atoms with Gasteiger partial charge in [-0.1, -0.05) is 13.8 Å². The first kappa shape index (κ1) is 17.5. The quantitative estimate of drug-likeness (QED) is 0.600. The van der Waals surface area contributed by atoms with Crippen molar-refractivity contribution in [2.45, 2.75) is 46.0 Å². The normalized spacial score (nSPS) is 9.79. The summed E-state index contributed by atoms with van der Waals surface area (Å²) < 4.78 is 9.73. The van der Waals surface area contributed by atoms with E-state index in [4.69, 9.17) is 9.47 Å². The summed E-state index contributed by atoms with van der Waals surface area (Å²) in [6, 6.07) is 0. The minimum Gasteiger partial charge on any atom is -0.450 e. The lowest BCUT2D eigenvalue weighted by molar-refractivity contribution is 0.146. The van der Waals surface area contributed by atoms with Crippen LogP contribution in [0.3, 0.4) is 0 Å². The third-order valence-corrected chi connectivity index (χ3v) is 2.27. The maximum Gasteiger partial charge on any atom is 0.407 e. The Kier molecular flexibility index (Phi) is 12.0. The first-order chi connectivity index (χ1) is 9.20. The molecule has 6 heteroatoms. The average Bonchev–Trinajstić information content (AvgIpc) is 2.41. The average molecular weight is 274 g/mol. The van der Waals surface area contributed by atoms with E-state index in [1.165, 1.54) is 0 Å². The standard InChI is InChI=1S/C13H26N2O4/c1-3-10-18-12(16)14-8-6-5-7-9-15-13(17)19-11-4-2/h3-11H2,1-2H3,(H,14,16)(H,15,17). The van der Waals surface area contributed by atoms with Crippen LogP contribution < -0.4 is 10.6 Å². The van der Waals surface area contributed by atoms with E-state index in [0.29, 0.717) is 26.3 Å². The van der Waals surface area contributed by atoms with E-state index in [-0.39, 0.29) is 12.2 Å². The molecular weight excluding hydrogens is 248 g/mol. The number of carbonyl (C=O) groups is 2. The Balaban J connectivity index is 3.22. The molecule has 0 aliphatic heterocycles. The maximum atomic E-state index is 11.1. The highest BCUT2D eigenvalue weighted by Crippen LogP contribution is 1.93. The third-order valence-electron chi connectivity index (χ3n) is 2.27. The van der Waals surface area contributed by atoms with Gasteiger partial charge in [0.05, 0.1) is 13.2 Å². The van der Waals surface area contributed by atoms with Gasteiger partial charge in [0.2, 0.25) is 0 Å². The summed E-state index contributed by atoms with van der Waals surface area (Å²) in [5.74, 6) is 0. The summed E-state index contributed by atoms with van der Waals surface area (Å²) in [6.07, 6.45) is 3.61. The van der Waals surface area contributed by atoms with Crippen LogP contribution in [0.1, 0.15) is 46.0 Å². The molecule has 0 aliphatic rings. The Hall–Kier alpha value is -1.46. The Morgan fingerprint density at radius 1 is 0.789 bits per heavy atom. The minimum atomic E-state index is -0.358. The fraction of sp³-hybridized carbons (Fsp3) is 0.846. The van der Waals surface area contributed by atoms with E-state index in [1.54, 1.807) is 0 Å². The van der Waals surface area contributed by atoms with Gasteiger partial charge in [0.15, 0.2) is 0 Å². The van der Waals surface area contributed by atoms with Gasteiger partial charge in [0, 0.05) is 13.1 Å². The van der Waals surface area contributed by atoms with E-state index >= 15 is 0 Å². The molecule has 0 bridgehead atoms. The maximum absolute atomic E-state index is 11.1. The van der Waals surface area contributed by atoms with Crippen molar-refractivity contribution in [2.24, 2.45) is 0 Å². The van der Waals surface area contributed by atoms with Gasteiger partial charge in [-0.25, -0.2) is 9.59 Å². The predicted molar refractivity (Wildman–Crippen MR) is 73.1 cm³/mol. The number of hydrogen-bond donors (Lipinski definition) is 2. The molecule has 0 unspecified atom stereocenters. The zero-order valence-corrected chi connectivity index (χ0v) is 12.0. The summed E-state index contributed by atoms with van der Waals surface area (Å²) in [5, 5.41) is 5.34. The van der Waals surface area contributed by atoms with E-state index in [1.807, 2.05) is 13.8 Å². The highest BCUT2D eigenvalue weighted by molar-refractivity contribution is 5.67. The van der Waals surface area contributed by atoms with Crippen LogP contribution in [0.5, 0.6) is 0 Å². The van der Waals surface area contributed by atoms with E-state index < -0.39 is 0 Å². The molecule has 0 aliphatic carbocycles. The Morgan fingerprint density at radius 2 is 1.21 bits per heavy atom. The minimum absolute atomic E-state index is 0.358. The molecule has 0 spiro atoms. The third kappa shape index (κ3) is 12.8. The van der Waals surface area contributed by atoms with Crippen molar-refractivity contribution < 1.29 is 19.1 Å². The molecule has 2 amide bonds. The van der Waals surface area contributed by atoms with Crippen LogP contribution in [0.4, 0.5) is 9.59 Å². The number of ether oxygens (including phenoxy) is 2. The number of hydrogen-bond acceptors (Lipinski definition) is 4. The van der Waals surface area contributed by atoms with Crippen molar-refractivity contribution in [1.29, 1.82) is 0 Å². The molecule has 0 aromatic carbocycles. The fourth-order valence-electron chi connectivity index (χ4n) is 1.30. The molecule has 6 nitrogen and oxygen atoms in total. The van der Waals surface area contributed by atoms with Gasteiger partial charge in [-0.2, -0.15) is 0 Å². The molecule has 0 aromatic heterocycles. The number of amides is 2. The van der Waals surface area contributed by atoms with Crippen LogP contribution in [-0.2, 0) is 9.47 Å². The largest absolute Gasteiger partial charge is 0.450 e. The van der Waals surface area contributed by atoms with Gasteiger partial charge in [0.25, 0.3) is 0 Å². The molecule has 0 aromatic rings. The number of unbranched alkanes of at least 4 members (excludes halogenated alkanes) is 2. The van der Waals surface area contributed by atoms with Crippen LogP contribution in [0, 0.1) is 0 Å². The predicted octanol–water partition coefficient (Wildman–Crippen LogP) is 2.43. The molecule has 0 saturated carbocycles. The van der Waals surface area contributed by atoms with Crippen LogP contribution >= 0.6 is 0 Å². The molecule has 112 valence electrons. The van der Waals surface area contributed by atoms with Crippen LogP contribution in [-0.4, -0.2) is 38.5 Å². The van der Waals surface area contributed by atoms with Crippen molar-refractivity contribution in [3.05, 3.63) is 0 Å². The molecule has 0 rings (SSSR count). The molecule has 0 atom stereocenters. The van der Waals surface area contributed by atoms with E-state index in [2.05, 4.69) is 10.6 Å². The second-order valence-corrected chi connectivity index (χ2v) is 4.19. The SMILES string of the molecule is CCCOC(=O)NCCCCCNC(=O)OCCC. The van der Waals surface area contributed by atoms with Crippen LogP contribution in [0.25, 0.3) is 0 Å². The molecule has 0 radical (unpaired) electrons. The highest BCUT2D eigenvalue weighted by Gasteiger charge is 2.01. The van der Waals surface area contributed by atoms with Gasteiger partial charge >= 0.3 is 12.2 Å². The van der Waals surface area contributed by atoms with Crippen molar-refractivity contribution in [1.82, 2.24) is 10.6 Å². The molecule has 0 saturated heterocycles. The fourth-order valence-corrected chi connectivity index (χ4v) is 1.30. The monoisotopic (exact) mass is 274 g/mol. The van der Waals surface area contributed by atoms with Crippen molar-refractivity contribution in [3.8, 4) is 0 Å². The number of rotatable bonds is 10. The summed E-state index contributed by atoms with van der Waals surface area (Å²) in [4.78, 5) is 22.1. The molecule has 0 fully saturated rings. The van der Waals surface area contributed by atoms with E-state index in [0.717, 1.165) is 32.1 Å². The van der Waals surface area contributed by atoms with Gasteiger partial charge < -0.3 is 20.1 Å². The first-order valence-corrected chi connectivity index (χ1v) is 7.02. The van der Waals surface area contributed by atoms with Gasteiger partial charge in [-0.3, -0.25) is 0 Å². The van der Waals surface area contributed by atoms with E-state index in [9.17, 15) is 9.59 Å². The lowest BCUT2D eigenvalue weighted by Crippen LogP contribution is -2.27. The highest BCUT2D eigenvalue weighted by atomic mass is 16.6. The van der Waals surface area contributed by atoms with Gasteiger partial charge in [0.1, 0.15) is 0 Å². The lowest BCUT2D eigenvalue weighted by atomic mass is 10.2. The Morgan fingerprint density at radius 3 is 1.58 bits per heavy atom. The second-order valence-electron chi connectivity index (χ2n) is 4.19. The topological polar surface area (TPSA) is 76.7 Å². The number of alkyl carbamates (subject to hydrolysis) is 2. The second kappa shape index (κ2) is 13.0. The summed E-state index contributed by atoms with van der Waals surface area (Å²) in [6.45, 7) is 6.01. The van der Waals surface area contributed by atoms with Gasteiger partial charge in [-0.05, 0) is 32.1 Å². The molecule has 2 N–H and O–H groups in total. The lowest BCUT2D eigenvalue weighted by Gasteiger charge is -2.07. The number of nitrogens with one attached hydrogen (secondary N) is 2. The van der Waals surface area contributed by atoms with Crippen molar-refractivity contribution in [2.75, 3.05) is 26.3 Å². The van der Waals surface area contributed by atoms with Gasteiger partial charge in [-0.15, -0.1) is 0 Å². The first-order valence-electron chi connectivity index (χ1n) is 7.02. The molecule has 0 heterocycles. The van der Waals surface area contributed by atoms with Crippen LogP contribution in [0.2, 0.25) is 0 Å². The summed E-state index contributed by atoms with van der Waals surface area (Å²) in [7, 11) is 0. The summed E-state index contributed by atoms with van der Waals surface area (Å²) >= 11 is 0. The van der Waals surface area contributed by atoms with Crippen molar-refractivity contribution in [3.63, 3.8) is 0 Å². The zero-order valence-electron chi connectivity index (χ0n) is 12.0. The number of carbonyl (C=O) groups excluding carboxylic acids is 2. The van der Waals surface area contributed by atoms with Crippen LogP contribution in [0.15, 0.2) is 0 Å².